The lowest BCUT2D eigenvalue weighted by atomic mass is 9.88. The molecule has 1 N–H and O–H groups in total. The van der Waals surface area contributed by atoms with Crippen LogP contribution in [0.15, 0.2) is 0 Å². The second-order valence-corrected chi connectivity index (χ2v) is 6.48. The Hall–Kier alpha value is -0.120. The topological polar surface area (TPSA) is 24.5 Å². The third-order valence-corrected chi connectivity index (χ3v) is 4.21. The monoisotopic (exact) mass is 256 g/mol. The maximum absolute atomic E-state index is 5.72. The fraction of sp³-hybridized carbons (Fsp3) is 1.00. The zero-order valence-corrected chi connectivity index (χ0v) is 13.0. The Kier molecular flexibility index (Phi) is 6.09. The molecule has 0 aliphatic carbocycles. The van der Waals surface area contributed by atoms with Crippen molar-refractivity contribution in [3.05, 3.63) is 0 Å². The van der Waals surface area contributed by atoms with Gasteiger partial charge in [0.05, 0.1) is 6.61 Å². The third-order valence-electron chi connectivity index (χ3n) is 4.21. The van der Waals surface area contributed by atoms with Crippen molar-refractivity contribution in [2.45, 2.75) is 65.0 Å². The lowest BCUT2D eigenvalue weighted by molar-refractivity contribution is -0.000718. The molecule has 3 nitrogen and oxygen atoms in total. The molecule has 1 fully saturated rings. The van der Waals surface area contributed by atoms with E-state index >= 15 is 0 Å². The highest BCUT2D eigenvalue weighted by Crippen LogP contribution is 2.26. The van der Waals surface area contributed by atoms with Crippen LogP contribution in [0.1, 0.15) is 53.9 Å². The van der Waals surface area contributed by atoms with E-state index in [1.54, 1.807) is 0 Å². The van der Waals surface area contributed by atoms with E-state index in [4.69, 9.17) is 4.74 Å². The van der Waals surface area contributed by atoms with Gasteiger partial charge in [-0.15, -0.1) is 0 Å². The van der Waals surface area contributed by atoms with Crippen LogP contribution in [-0.4, -0.2) is 48.8 Å². The zero-order valence-electron chi connectivity index (χ0n) is 13.0. The van der Waals surface area contributed by atoms with Gasteiger partial charge in [-0.2, -0.15) is 0 Å². The molecule has 18 heavy (non-hydrogen) atoms. The zero-order chi connectivity index (χ0) is 13.6. The van der Waals surface area contributed by atoms with E-state index in [9.17, 15) is 0 Å². The molecule has 0 aromatic carbocycles. The second-order valence-electron chi connectivity index (χ2n) is 6.48. The number of nitrogens with one attached hydrogen (secondary N) is 1. The van der Waals surface area contributed by atoms with Gasteiger partial charge in [-0.25, -0.2) is 0 Å². The van der Waals surface area contributed by atoms with Crippen LogP contribution < -0.4 is 5.32 Å². The number of ether oxygens (including phenoxy) is 1. The highest BCUT2D eigenvalue weighted by Gasteiger charge is 2.39. The molecule has 1 heterocycles. The van der Waals surface area contributed by atoms with Gasteiger partial charge in [0.2, 0.25) is 0 Å². The summed E-state index contributed by atoms with van der Waals surface area (Å²) in [6, 6.07) is 0. The number of unbranched alkanes of at least 4 members (excludes halogenated alkanes) is 1. The van der Waals surface area contributed by atoms with E-state index in [0.29, 0.717) is 0 Å². The quantitative estimate of drug-likeness (QED) is 0.709. The number of nitrogens with zero attached hydrogens (tertiary/aromatic N) is 1. The second kappa shape index (κ2) is 6.88. The normalized spacial score (nSPS) is 28.5. The Morgan fingerprint density at radius 1 is 1.17 bits per heavy atom. The van der Waals surface area contributed by atoms with Crippen molar-refractivity contribution >= 4 is 0 Å². The molecule has 108 valence electrons. The van der Waals surface area contributed by atoms with Gasteiger partial charge in [0.15, 0.2) is 0 Å². The molecule has 1 aliphatic rings. The van der Waals surface area contributed by atoms with Gasteiger partial charge >= 0.3 is 0 Å². The van der Waals surface area contributed by atoms with E-state index in [1.807, 2.05) is 0 Å². The van der Waals surface area contributed by atoms with E-state index in [2.05, 4.69) is 44.8 Å². The molecule has 0 radical (unpaired) electrons. The maximum atomic E-state index is 5.72. The van der Waals surface area contributed by atoms with Crippen LogP contribution in [0.3, 0.4) is 0 Å². The molecule has 1 atom stereocenters. The summed E-state index contributed by atoms with van der Waals surface area (Å²) >= 11 is 0. The third kappa shape index (κ3) is 4.52. The van der Waals surface area contributed by atoms with E-state index in [1.165, 1.54) is 19.3 Å². The minimum absolute atomic E-state index is 0.220. The molecule has 0 saturated carbocycles. The van der Waals surface area contributed by atoms with Crippen LogP contribution in [0.4, 0.5) is 0 Å². The van der Waals surface area contributed by atoms with Gasteiger partial charge in [0, 0.05) is 37.3 Å². The number of hydrogen-bond donors (Lipinski definition) is 1. The molecule has 0 aromatic heterocycles. The Morgan fingerprint density at radius 2 is 1.89 bits per heavy atom. The standard InChI is InChI=1S/C15H32N2O/c1-6-8-10-18-11-9-17-13-14(3,4)16-12-15(17,5)7-2/h16H,6-13H2,1-5H3. The molecular weight excluding hydrogens is 224 g/mol. The summed E-state index contributed by atoms with van der Waals surface area (Å²) in [6.07, 6.45) is 3.58. The fourth-order valence-electron chi connectivity index (χ4n) is 2.49. The fourth-order valence-corrected chi connectivity index (χ4v) is 2.49. The summed E-state index contributed by atoms with van der Waals surface area (Å²) in [4.78, 5) is 2.61. The Labute approximate surface area is 113 Å². The Morgan fingerprint density at radius 3 is 2.50 bits per heavy atom. The van der Waals surface area contributed by atoms with E-state index in [0.717, 1.165) is 32.8 Å². The highest BCUT2D eigenvalue weighted by atomic mass is 16.5. The van der Waals surface area contributed by atoms with Crippen LogP contribution in [0.5, 0.6) is 0 Å². The first kappa shape index (κ1) is 15.9. The van der Waals surface area contributed by atoms with Gasteiger partial charge in [-0.3, -0.25) is 4.90 Å². The average molecular weight is 256 g/mol. The molecule has 0 bridgehead atoms. The first-order valence-electron chi connectivity index (χ1n) is 7.51. The van der Waals surface area contributed by atoms with Crippen molar-refractivity contribution < 1.29 is 4.74 Å². The molecule has 1 aliphatic heterocycles. The number of hydrogen-bond acceptors (Lipinski definition) is 3. The predicted octanol–water partition coefficient (Wildman–Crippen LogP) is 2.66. The predicted molar refractivity (Wildman–Crippen MR) is 78.1 cm³/mol. The number of piperazine rings is 1. The van der Waals surface area contributed by atoms with Crippen molar-refractivity contribution in [1.29, 1.82) is 0 Å². The van der Waals surface area contributed by atoms with Gasteiger partial charge in [0.25, 0.3) is 0 Å². The molecule has 0 amide bonds. The van der Waals surface area contributed by atoms with Crippen molar-refractivity contribution in [2.75, 3.05) is 32.8 Å². The van der Waals surface area contributed by atoms with Crippen LogP contribution in [0, 0.1) is 0 Å². The summed E-state index contributed by atoms with van der Waals surface area (Å²) in [5.41, 5.74) is 0.502. The molecule has 3 heteroatoms. The van der Waals surface area contributed by atoms with Gasteiger partial charge < -0.3 is 10.1 Å². The largest absolute Gasteiger partial charge is 0.380 e. The maximum Gasteiger partial charge on any atom is 0.0593 e. The highest BCUT2D eigenvalue weighted by molar-refractivity contribution is 4.99. The summed E-state index contributed by atoms with van der Waals surface area (Å²) in [6.45, 7) is 16.4. The molecule has 0 aromatic rings. The first-order valence-corrected chi connectivity index (χ1v) is 7.51. The molecular formula is C15H32N2O. The lowest BCUT2D eigenvalue weighted by Gasteiger charge is -2.51. The molecule has 0 spiro atoms. The average Bonchev–Trinajstić information content (AvgIpc) is 2.33. The number of rotatable bonds is 7. The molecule has 1 unspecified atom stereocenters. The van der Waals surface area contributed by atoms with Crippen LogP contribution in [0.25, 0.3) is 0 Å². The minimum Gasteiger partial charge on any atom is -0.380 e. The van der Waals surface area contributed by atoms with Gasteiger partial charge in [0.1, 0.15) is 0 Å². The van der Waals surface area contributed by atoms with Crippen molar-refractivity contribution in [3.8, 4) is 0 Å². The lowest BCUT2D eigenvalue weighted by Crippen LogP contribution is -2.67. The minimum atomic E-state index is 0.220. The van der Waals surface area contributed by atoms with Crippen LogP contribution in [-0.2, 0) is 4.74 Å². The summed E-state index contributed by atoms with van der Waals surface area (Å²) in [5, 5.41) is 3.66. The van der Waals surface area contributed by atoms with E-state index in [-0.39, 0.29) is 11.1 Å². The van der Waals surface area contributed by atoms with E-state index < -0.39 is 0 Å². The summed E-state index contributed by atoms with van der Waals surface area (Å²) in [7, 11) is 0. The van der Waals surface area contributed by atoms with Gasteiger partial charge in [-0.1, -0.05) is 20.3 Å². The summed E-state index contributed by atoms with van der Waals surface area (Å²) in [5.74, 6) is 0. The van der Waals surface area contributed by atoms with Crippen molar-refractivity contribution in [2.24, 2.45) is 0 Å². The van der Waals surface area contributed by atoms with Crippen LogP contribution in [0.2, 0.25) is 0 Å². The van der Waals surface area contributed by atoms with Gasteiger partial charge in [-0.05, 0) is 33.6 Å². The molecule has 1 rings (SSSR count). The first-order chi connectivity index (χ1) is 8.43. The Bertz CT molecular complexity index is 243. The molecule has 1 saturated heterocycles. The Balaban J connectivity index is 2.42. The smallest absolute Gasteiger partial charge is 0.0593 e. The summed E-state index contributed by atoms with van der Waals surface area (Å²) < 4.78 is 5.72. The SMILES string of the molecule is CCCCOCCN1CC(C)(C)NCC1(C)CC. The van der Waals surface area contributed by atoms with Crippen molar-refractivity contribution in [1.82, 2.24) is 10.2 Å². The van der Waals surface area contributed by atoms with Crippen molar-refractivity contribution in [3.63, 3.8) is 0 Å². The van der Waals surface area contributed by atoms with Crippen LogP contribution >= 0.6 is 0 Å².